The van der Waals surface area contributed by atoms with Gasteiger partial charge in [-0.15, -0.1) is 0 Å². The quantitative estimate of drug-likeness (QED) is 0.541. The molecule has 2 aromatic heterocycles. The zero-order chi connectivity index (χ0) is 6.81. The van der Waals surface area contributed by atoms with Gasteiger partial charge in [0.05, 0.1) is 11.0 Å². The molecule has 0 atom stereocenters. The van der Waals surface area contributed by atoms with Crippen LogP contribution in [-0.4, -0.2) is 9.97 Å². The molecule has 0 fully saturated rings. The summed E-state index contributed by atoms with van der Waals surface area (Å²) in [5.74, 6) is 0. The third-order valence-electron chi connectivity index (χ3n) is 1.37. The number of rotatable bonds is 0. The normalized spacial score (nSPS) is 10.0. The van der Waals surface area contributed by atoms with E-state index in [9.17, 15) is 0 Å². The zero-order valence-electron chi connectivity index (χ0n) is 5.36. The van der Waals surface area contributed by atoms with Crippen LogP contribution in [0.5, 0.6) is 0 Å². The molecule has 0 unspecified atom stereocenters. The summed E-state index contributed by atoms with van der Waals surface area (Å²) in [5.41, 5.74) is 1.90. The molecule has 0 N–H and O–H groups in total. The van der Waals surface area contributed by atoms with Crippen LogP contribution in [0.3, 0.4) is 0 Å². The van der Waals surface area contributed by atoms with Crippen LogP contribution in [0.2, 0.25) is 0 Å². The smallest absolute Gasteiger partial charge is 0.0886 e. The first-order chi connectivity index (χ1) is 4.97. The van der Waals surface area contributed by atoms with E-state index in [2.05, 4.69) is 9.97 Å². The summed E-state index contributed by atoms with van der Waals surface area (Å²) in [4.78, 5) is 8.24. The van der Waals surface area contributed by atoms with Crippen LogP contribution in [-0.2, 0) is 0 Å². The lowest BCUT2D eigenvalue weighted by atomic mass is 10.3. The number of nitrogens with zero attached hydrogens (tertiary/aromatic N) is 2. The van der Waals surface area contributed by atoms with Crippen molar-refractivity contribution in [1.29, 1.82) is 0 Å². The first kappa shape index (κ1) is 5.35. The molecule has 48 valence electrons. The SMILES string of the molecule is c1cnc2cccnc2c1. The summed E-state index contributed by atoms with van der Waals surface area (Å²) < 4.78 is 0. The molecule has 2 heteroatoms. The van der Waals surface area contributed by atoms with E-state index in [0.29, 0.717) is 0 Å². The molecule has 0 spiro atoms. The highest BCUT2D eigenvalue weighted by molar-refractivity contribution is 5.72. The van der Waals surface area contributed by atoms with Crippen molar-refractivity contribution in [1.82, 2.24) is 9.97 Å². The fourth-order valence-corrected chi connectivity index (χ4v) is 0.904. The molecular formula is C8H6N2. The molecule has 2 heterocycles. The molecule has 10 heavy (non-hydrogen) atoms. The molecule has 0 amide bonds. The summed E-state index contributed by atoms with van der Waals surface area (Å²) >= 11 is 0. The molecule has 0 saturated heterocycles. The monoisotopic (exact) mass is 130 g/mol. The Labute approximate surface area is 58.6 Å². The van der Waals surface area contributed by atoms with Crippen molar-refractivity contribution in [3.8, 4) is 0 Å². The molecular weight excluding hydrogens is 124 g/mol. The summed E-state index contributed by atoms with van der Waals surface area (Å²) in [7, 11) is 0. The van der Waals surface area contributed by atoms with Gasteiger partial charge in [0.1, 0.15) is 0 Å². The van der Waals surface area contributed by atoms with Crippen molar-refractivity contribution in [2.45, 2.75) is 0 Å². The Kier molecular flexibility index (Phi) is 1.10. The van der Waals surface area contributed by atoms with E-state index in [4.69, 9.17) is 0 Å². The fourth-order valence-electron chi connectivity index (χ4n) is 0.904. The van der Waals surface area contributed by atoms with Gasteiger partial charge in [-0.1, -0.05) is 0 Å². The molecule has 2 aromatic rings. The second kappa shape index (κ2) is 2.06. The average molecular weight is 130 g/mol. The van der Waals surface area contributed by atoms with E-state index < -0.39 is 0 Å². The lowest BCUT2D eigenvalue weighted by Gasteiger charge is -1.90. The number of aromatic nitrogens is 2. The van der Waals surface area contributed by atoms with Crippen LogP contribution in [0.25, 0.3) is 11.0 Å². The number of hydrogen-bond donors (Lipinski definition) is 0. The topological polar surface area (TPSA) is 25.8 Å². The Morgan fingerprint density at radius 3 is 1.80 bits per heavy atom. The molecule has 0 aromatic carbocycles. The van der Waals surface area contributed by atoms with Crippen LogP contribution in [0.4, 0.5) is 0 Å². The number of fused-ring (bicyclic) bond motifs is 1. The van der Waals surface area contributed by atoms with Crippen LogP contribution in [0.1, 0.15) is 0 Å². The predicted octanol–water partition coefficient (Wildman–Crippen LogP) is 1.63. The maximum Gasteiger partial charge on any atom is 0.0886 e. The highest BCUT2D eigenvalue weighted by Crippen LogP contribution is 2.04. The van der Waals surface area contributed by atoms with Crippen molar-refractivity contribution in [2.24, 2.45) is 0 Å². The van der Waals surface area contributed by atoms with Crippen molar-refractivity contribution in [2.75, 3.05) is 0 Å². The molecule has 0 saturated carbocycles. The average Bonchev–Trinajstić information content (AvgIpc) is 2.05. The molecule has 0 aliphatic heterocycles. The molecule has 0 aliphatic carbocycles. The largest absolute Gasteiger partial charge is 0.255 e. The standard InChI is InChI=1S/C8H6N2/c1-3-7-8(9-5-1)4-2-6-10-7/h1-6H. The molecule has 2 nitrogen and oxygen atoms in total. The molecule has 0 aliphatic rings. The van der Waals surface area contributed by atoms with E-state index in [0.717, 1.165) is 11.0 Å². The van der Waals surface area contributed by atoms with E-state index in [1.54, 1.807) is 12.4 Å². The Hall–Kier alpha value is -1.44. The van der Waals surface area contributed by atoms with Gasteiger partial charge in [0.15, 0.2) is 0 Å². The molecule has 0 bridgehead atoms. The van der Waals surface area contributed by atoms with Crippen LogP contribution >= 0.6 is 0 Å². The number of hydrogen-bond acceptors (Lipinski definition) is 2. The highest BCUT2D eigenvalue weighted by atomic mass is 14.7. The predicted molar refractivity (Wildman–Crippen MR) is 39.5 cm³/mol. The summed E-state index contributed by atoms with van der Waals surface area (Å²) in [6, 6.07) is 7.66. The minimum Gasteiger partial charge on any atom is -0.255 e. The van der Waals surface area contributed by atoms with Gasteiger partial charge in [-0.05, 0) is 24.3 Å². The van der Waals surface area contributed by atoms with Gasteiger partial charge in [-0.25, -0.2) is 0 Å². The summed E-state index contributed by atoms with van der Waals surface area (Å²) in [5, 5.41) is 0. The lowest BCUT2D eigenvalue weighted by molar-refractivity contribution is 1.34. The van der Waals surface area contributed by atoms with Crippen molar-refractivity contribution in [3.63, 3.8) is 0 Å². The zero-order valence-corrected chi connectivity index (χ0v) is 5.36. The maximum absolute atomic E-state index is 4.12. The van der Waals surface area contributed by atoms with Crippen LogP contribution in [0, 0.1) is 0 Å². The first-order valence-corrected chi connectivity index (χ1v) is 3.12. The van der Waals surface area contributed by atoms with E-state index in [1.165, 1.54) is 0 Å². The van der Waals surface area contributed by atoms with Gasteiger partial charge in [0.2, 0.25) is 0 Å². The Bertz CT molecular complexity index is 278. The highest BCUT2D eigenvalue weighted by Gasteiger charge is 1.88. The van der Waals surface area contributed by atoms with Crippen molar-refractivity contribution in [3.05, 3.63) is 36.7 Å². The van der Waals surface area contributed by atoms with Gasteiger partial charge < -0.3 is 0 Å². The second-order valence-electron chi connectivity index (χ2n) is 2.05. The van der Waals surface area contributed by atoms with Crippen LogP contribution in [0.15, 0.2) is 36.7 Å². The molecule has 2 rings (SSSR count). The summed E-state index contributed by atoms with van der Waals surface area (Å²) in [6.07, 6.45) is 3.54. The van der Waals surface area contributed by atoms with Gasteiger partial charge >= 0.3 is 0 Å². The fraction of sp³-hybridized carbons (Fsp3) is 0. The minimum absolute atomic E-state index is 0.949. The number of pyridine rings is 2. The molecule has 0 radical (unpaired) electrons. The lowest BCUT2D eigenvalue weighted by Crippen LogP contribution is -1.78. The van der Waals surface area contributed by atoms with E-state index >= 15 is 0 Å². The minimum atomic E-state index is 0.949. The third kappa shape index (κ3) is 0.739. The Morgan fingerprint density at radius 2 is 1.30 bits per heavy atom. The second-order valence-corrected chi connectivity index (χ2v) is 2.05. The maximum atomic E-state index is 4.12. The van der Waals surface area contributed by atoms with Crippen molar-refractivity contribution < 1.29 is 0 Å². The first-order valence-electron chi connectivity index (χ1n) is 3.12. The Balaban J connectivity index is 2.89. The van der Waals surface area contributed by atoms with Gasteiger partial charge in [-0.3, -0.25) is 9.97 Å². The van der Waals surface area contributed by atoms with Gasteiger partial charge in [0, 0.05) is 12.4 Å². The van der Waals surface area contributed by atoms with Crippen molar-refractivity contribution >= 4 is 11.0 Å². The van der Waals surface area contributed by atoms with E-state index in [-0.39, 0.29) is 0 Å². The van der Waals surface area contributed by atoms with Gasteiger partial charge in [0.25, 0.3) is 0 Å². The van der Waals surface area contributed by atoms with Crippen LogP contribution < -0.4 is 0 Å². The van der Waals surface area contributed by atoms with Gasteiger partial charge in [-0.2, -0.15) is 0 Å². The van der Waals surface area contributed by atoms with E-state index in [1.807, 2.05) is 24.3 Å². The Morgan fingerprint density at radius 1 is 0.800 bits per heavy atom. The summed E-state index contributed by atoms with van der Waals surface area (Å²) in [6.45, 7) is 0. The third-order valence-corrected chi connectivity index (χ3v) is 1.37.